The molecule has 0 bridgehead atoms. The van der Waals surface area contributed by atoms with Gasteiger partial charge < -0.3 is 9.84 Å². The molecule has 0 amide bonds. The SMILES string of the molecule is CC1CC(OC(=O)c2ccccc2O)C(C)(CI)C1(C)C. The fourth-order valence-electron chi connectivity index (χ4n) is 3.13. The third-order valence-electron chi connectivity index (χ3n) is 5.63. The standard InChI is InChI=1S/C17H23IO3/c1-11-9-14(17(4,10-18)16(11,2)3)21-15(20)12-7-5-6-8-13(12)19/h5-8,11,14,19H,9-10H2,1-4H3. The van der Waals surface area contributed by atoms with E-state index in [1.165, 1.54) is 6.07 Å². The zero-order chi connectivity index (χ0) is 15.8. The fraction of sp³-hybridized carbons (Fsp3) is 0.588. The van der Waals surface area contributed by atoms with Crippen LogP contribution in [0, 0.1) is 16.7 Å². The van der Waals surface area contributed by atoms with Crippen LogP contribution in [-0.4, -0.2) is 21.6 Å². The summed E-state index contributed by atoms with van der Waals surface area (Å²) < 4.78 is 6.72. The zero-order valence-electron chi connectivity index (χ0n) is 13.0. The molecule has 21 heavy (non-hydrogen) atoms. The highest BCUT2D eigenvalue weighted by Crippen LogP contribution is 2.57. The summed E-state index contributed by atoms with van der Waals surface area (Å²) in [4.78, 5) is 12.4. The fourth-order valence-corrected chi connectivity index (χ4v) is 4.60. The Kier molecular flexibility index (Phi) is 4.57. The number of alkyl halides is 1. The van der Waals surface area contributed by atoms with Gasteiger partial charge in [0, 0.05) is 9.84 Å². The molecule has 3 nitrogen and oxygen atoms in total. The Hall–Kier alpha value is -0.780. The van der Waals surface area contributed by atoms with Gasteiger partial charge in [-0.2, -0.15) is 0 Å². The number of para-hydroxylation sites is 1. The summed E-state index contributed by atoms with van der Waals surface area (Å²) in [6.45, 7) is 8.93. The normalized spacial score (nSPS) is 31.1. The molecule has 1 aromatic rings. The number of benzene rings is 1. The first-order valence-electron chi connectivity index (χ1n) is 7.29. The van der Waals surface area contributed by atoms with Crippen LogP contribution in [0.1, 0.15) is 44.5 Å². The molecule has 1 fully saturated rings. The molecule has 1 aliphatic carbocycles. The van der Waals surface area contributed by atoms with Crippen LogP contribution in [0.25, 0.3) is 0 Å². The van der Waals surface area contributed by atoms with Crippen LogP contribution in [0.15, 0.2) is 24.3 Å². The summed E-state index contributed by atoms with van der Waals surface area (Å²) in [5.74, 6) is 0.0301. The number of hydrogen-bond acceptors (Lipinski definition) is 3. The van der Waals surface area contributed by atoms with Gasteiger partial charge in [0.15, 0.2) is 0 Å². The van der Waals surface area contributed by atoms with Crippen molar-refractivity contribution in [1.29, 1.82) is 0 Å². The smallest absolute Gasteiger partial charge is 0.342 e. The first-order chi connectivity index (χ1) is 9.74. The molecular formula is C17H23IO3. The summed E-state index contributed by atoms with van der Waals surface area (Å²) in [5.41, 5.74) is 0.288. The summed E-state index contributed by atoms with van der Waals surface area (Å²) >= 11 is 2.38. The van der Waals surface area contributed by atoms with Gasteiger partial charge in [-0.3, -0.25) is 0 Å². The van der Waals surface area contributed by atoms with Crippen molar-refractivity contribution in [2.45, 2.75) is 40.2 Å². The maximum atomic E-state index is 12.4. The zero-order valence-corrected chi connectivity index (χ0v) is 15.2. The Bertz CT molecular complexity index is 541. The van der Waals surface area contributed by atoms with Crippen molar-refractivity contribution in [1.82, 2.24) is 0 Å². The molecule has 2 rings (SSSR count). The number of phenols is 1. The van der Waals surface area contributed by atoms with Gasteiger partial charge in [0.1, 0.15) is 17.4 Å². The largest absolute Gasteiger partial charge is 0.507 e. The molecule has 116 valence electrons. The van der Waals surface area contributed by atoms with Crippen LogP contribution in [0.2, 0.25) is 0 Å². The molecule has 0 saturated heterocycles. The van der Waals surface area contributed by atoms with Gasteiger partial charge in [0.2, 0.25) is 0 Å². The van der Waals surface area contributed by atoms with Gasteiger partial charge in [-0.15, -0.1) is 0 Å². The highest BCUT2D eigenvalue weighted by atomic mass is 127. The molecular weight excluding hydrogens is 379 g/mol. The molecule has 3 atom stereocenters. The van der Waals surface area contributed by atoms with Gasteiger partial charge in [-0.25, -0.2) is 4.79 Å². The van der Waals surface area contributed by atoms with Gasteiger partial charge in [0.05, 0.1) is 0 Å². The molecule has 0 aromatic heterocycles. The van der Waals surface area contributed by atoms with Crippen LogP contribution in [0.3, 0.4) is 0 Å². The van der Waals surface area contributed by atoms with Crippen molar-refractivity contribution < 1.29 is 14.6 Å². The van der Waals surface area contributed by atoms with E-state index in [-0.39, 0.29) is 28.2 Å². The third-order valence-corrected chi connectivity index (χ3v) is 7.22. The minimum atomic E-state index is -0.431. The average molecular weight is 402 g/mol. The number of carbonyl (C=O) groups is 1. The second-order valence-corrected chi connectivity index (χ2v) is 7.58. The number of phenolic OH excluding ortho intramolecular Hbond substituents is 1. The predicted octanol–water partition coefficient (Wildman–Crippen LogP) is 4.42. The number of aromatic hydroxyl groups is 1. The Labute approximate surface area is 140 Å². The predicted molar refractivity (Wildman–Crippen MR) is 91.9 cm³/mol. The molecule has 0 radical (unpaired) electrons. The van der Waals surface area contributed by atoms with E-state index in [1.807, 2.05) is 0 Å². The van der Waals surface area contributed by atoms with Gasteiger partial charge >= 0.3 is 5.97 Å². The van der Waals surface area contributed by atoms with E-state index < -0.39 is 5.97 Å². The summed E-state index contributed by atoms with van der Waals surface area (Å²) in [6.07, 6.45) is 0.748. The number of ether oxygens (including phenoxy) is 1. The Morgan fingerprint density at radius 2 is 2.00 bits per heavy atom. The highest BCUT2D eigenvalue weighted by Gasteiger charge is 2.56. The van der Waals surface area contributed by atoms with E-state index in [0.29, 0.717) is 5.92 Å². The first kappa shape index (κ1) is 16.6. The van der Waals surface area contributed by atoms with Crippen molar-refractivity contribution in [2.75, 3.05) is 4.43 Å². The third kappa shape index (κ3) is 2.67. The van der Waals surface area contributed by atoms with Crippen LogP contribution in [0.5, 0.6) is 5.75 Å². The lowest BCUT2D eigenvalue weighted by Gasteiger charge is -2.42. The van der Waals surface area contributed by atoms with Crippen LogP contribution in [-0.2, 0) is 4.74 Å². The highest BCUT2D eigenvalue weighted by molar-refractivity contribution is 14.1. The van der Waals surface area contributed by atoms with Gasteiger partial charge in [-0.05, 0) is 29.9 Å². The number of esters is 1. The van der Waals surface area contributed by atoms with E-state index in [2.05, 4.69) is 50.3 Å². The van der Waals surface area contributed by atoms with Gasteiger partial charge in [0.25, 0.3) is 0 Å². The minimum absolute atomic E-state index is 0.0241. The first-order valence-corrected chi connectivity index (χ1v) is 8.81. The minimum Gasteiger partial charge on any atom is -0.507 e. The lowest BCUT2D eigenvalue weighted by atomic mass is 9.67. The molecule has 1 N–H and O–H groups in total. The van der Waals surface area contributed by atoms with Crippen molar-refractivity contribution in [3.63, 3.8) is 0 Å². The second kappa shape index (κ2) is 5.78. The van der Waals surface area contributed by atoms with Crippen LogP contribution < -0.4 is 0 Å². The molecule has 4 heteroatoms. The van der Waals surface area contributed by atoms with Crippen molar-refractivity contribution in [2.24, 2.45) is 16.7 Å². The Morgan fingerprint density at radius 1 is 1.38 bits per heavy atom. The maximum Gasteiger partial charge on any atom is 0.342 e. The lowest BCUT2D eigenvalue weighted by Crippen LogP contribution is -2.42. The molecule has 0 heterocycles. The molecule has 1 aliphatic rings. The van der Waals surface area contributed by atoms with Crippen molar-refractivity contribution >= 4 is 28.6 Å². The van der Waals surface area contributed by atoms with E-state index >= 15 is 0 Å². The Morgan fingerprint density at radius 3 is 2.57 bits per heavy atom. The van der Waals surface area contributed by atoms with E-state index in [1.54, 1.807) is 18.2 Å². The summed E-state index contributed by atoms with van der Waals surface area (Å²) in [5, 5.41) is 9.79. The summed E-state index contributed by atoms with van der Waals surface area (Å²) in [7, 11) is 0. The quantitative estimate of drug-likeness (QED) is 0.463. The van der Waals surface area contributed by atoms with E-state index in [9.17, 15) is 9.90 Å². The monoisotopic (exact) mass is 402 g/mol. The van der Waals surface area contributed by atoms with Gasteiger partial charge in [-0.1, -0.05) is 62.4 Å². The molecule has 3 unspecified atom stereocenters. The molecule has 1 saturated carbocycles. The molecule has 0 aliphatic heterocycles. The topological polar surface area (TPSA) is 46.5 Å². The van der Waals surface area contributed by atoms with Crippen molar-refractivity contribution in [3.8, 4) is 5.75 Å². The number of carbonyl (C=O) groups excluding carboxylic acids is 1. The second-order valence-electron chi connectivity index (χ2n) is 6.82. The lowest BCUT2D eigenvalue weighted by molar-refractivity contribution is -0.0166. The number of hydrogen-bond donors (Lipinski definition) is 1. The molecule has 0 spiro atoms. The van der Waals surface area contributed by atoms with E-state index in [4.69, 9.17) is 4.74 Å². The van der Waals surface area contributed by atoms with Crippen LogP contribution >= 0.6 is 22.6 Å². The molecule has 1 aromatic carbocycles. The van der Waals surface area contributed by atoms with Crippen molar-refractivity contribution in [3.05, 3.63) is 29.8 Å². The maximum absolute atomic E-state index is 12.4. The van der Waals surface area contributed by atoms with E-state index in [0.717, 1.165) is 10.8 Å². The number of halogens is 1. The number of rotatable bonds is 3. The summed E-state index contributed by atoms with van der Waals surface area (Å²) in [6, 6.07) is 6.54. The van der Waals surface area contributed by atoms with Crippen LogP contribution in [0.4, 0.5) is 0 Å². The average Bonchev–Trinajstić information content (AvgIpc) is 2.60. The Balaban J connectivity index is 2.24.